The first kappa shape index (κ1) is 26.9. The zero-order valence-electron chi connectivity index (χ0n) is 20.8. The molecule has 0 aliphatic heterocycles. The Morgan fingerprint density at radius 3 is 2.40 bits per heavy atom. The number of ether oxygens (including phenoxy) is 2. The molecule has 0 spiro atoms. The summed E-state index contributed by atoms with van der Waals surface area (Å²) in [4.78, 5) is 28.5. The largest absolute Gasteiger partial charge is 0.493 e. The molecular weight excluding hydrogens is 464 g/mol. The molecule has 0 bridgehead atoms. The first-order chi connectivity index (χ1) is 17.1. The van der Waals surface area contributed by atoms with Crippen LogP contribution in [0.5, 0.6) is 11.5 Å². The zero-order chi connectivity index (χ0) is 25.0. The van der Waals surface area contributed by atoms with E-state index in [0.29, 0.717) is 23.7 Å². The van der Waals surface area contributed by atoms with E-state index in [1.807, 2.05) is 49.4 Å². The third-order valence-corrected chi connectivity index (χ3v) is 6.59. The molecule has 1 atom stereocenters. The van der Waals surface area contributed by atoms with Gasteiger partial charge in [0.2, 0.25) is 11.8 Å². The summed E-state index contributed by atoms with van der Waals surface area (Å²) in [6.45, 7) is 2.87. The predicted octanol–water partition coefficient (Wildman–Crippen LogP) is 5.63. The van der Waals surface area contributed by atoms with E-state index in [-0.39, 0.29) is 30.3 Å². The summed E-state index contributed by atoms with van der Waals surface area (Å²) in [5.41, 5.74) is 1.58. The molecule has 0 heterocycles. The summed E-state index contributed by atoms with van der Waals surface area (Å²) in [6.07, 6.45) is 7.35. The predicted molar refractivity (Wildman–Crippen MR) is 139 cm³/mol. The van der Waals surface area contributed by atoms with E-state index < -0.39 is 6.04 Å². The third kappa shape index (κ3) is 7.63. The third-order valence-electron chi connectivity index (χ3n) is 6.36. The van der Waals surface area contributed by atoms with E-state index in [4.69, 9.17) is 21.1 Å². The maximum absolute atomic E-state index is 13.8. The van der Waals surface area contributed by atoms with Crippen LogP contribution in [0.15, 0.2) is 48.5 Å². The average molecular weight is 501 g/mol. The highest BCUT2D eigenvalue weighted by Crippen LogP contribution is 2.34. The van der Waals surface area contributed by atoms with E-state index >= 15 is 0 Å². The zero-order valence-corrected chi connectivity index (χ0v) is 21.6. The van der Waals surface area contributed by atoms with Crippen LogP contribution in [0.25, 0.3) is 0 Å². The van der Waals surface area contributed by atoms with Gasteiger partial charge in [0.25, 0.3) is 0 Å². The van der Waals surface area contributed by atoms with Crippen LogP contribution in [-0.2, 0) is 16.1 Å². The van der Waals surface area contributed by atoms with E-state index in [0.717, 1.165) is 37.7 Å². The molecule has 1 N–H and O–H groups in total. The average Bonchev–Trinajstić information content (AvgIpc) is 3.16. The summed E-state index contributed by atoms with van der Waals surface area (Å²) in [6, 6.07) is 14.3. The van der Waals surface area contributed by atoms with Gasteiger partial charge in [-0.2, -0.15) is 0 Å². The van der Waals surface area contributed by atoms with E-state index in [1.165, 1.54) is 12.8 Å². The normalized spacial score (nSPS) is 15.1. The molecule has 0 aromatic heterocycles. The molecule has 0 saturated heterocycles. The van der Waals surface area contributed by atoms with Crippen LogP contribution < -0.4 is 14.8 Å². The fourth-order valence-electron chi connectivity index (χ4n) is 4.54. The van der Waals surface area contributed by atoms with Crippen LogP contribution in [0.1, 0.15) is 69.0 Å². The maximum Gasteiger partial charge on any atom is 0.247 e. The highest BCUT2D eigenvalue weighted by Gasteiger charge is 2.33. The number of hydrogen-bond donors (Lipinski definition) is 1. The Kier molecular flexibility index (Phi) is 10.7. The molecule has 1 fully saturated rings. The van der Waals surface area contributed by atoms with Crippen LogP contribution in [0, 0.1) is 0 Å². The van der Waals surface area contributed by atoms with Crippen LogP contribution in [0.2, 0.25) is 0 Å². The molecule has 0 unspecified atom stereocenters. The molecule has 1 aliphatic rings. The number of halogens is 1. The lowest BCUT2D eigenvalue weighted by atomic mass is 10.0. The standard InChI is InChI=1S/C28H37ClN2O4/c1-3-17-35-24-16-15-22(18-25(24)34-2)27(28(33)30-23-13-9-4-5-10-14-23)31(26(32)19-29)20-21-11-7-6-8-12-21/h6-8,11-12,15-16,18,23,27H,3-5,9-10,13-14,17,19-20H2,1-2H3,(H,30,33)/t27-/m0/s1. The minimum Gasteiger partial charge on any atom is -0.493 e. The van der Waals surface area contributed by atoms with Gasteiger partial charge in [0.05, 0.1) is 13.7 Å². The molecule has 2 amide bonds. The van der Waals surface area contributed by atoms with Gasteiger partial charge in [0.1, 0.15) is 11.9 Å². The topological polar surface area (TPSA) is 67.9 Å². The Hall–Kier alpha value is -2.73. The second-order valence-corrected chi connectivity index (χ2v) is 9.27. The number of nitrogens with one attached hydrogen (secondary N) is 1. The lowest BCUT2D eigenvalue weighted by Gasteiger charge is -2.32. The fourth-order valence-corrected chi connectivity index (χ4v) is 4.70. The number of methoxy groups -OCH3 is 1. The van der Waals surface area contributed by atoms with Gasteiger partial charge in [0.15, 0.2) is 11.5 Å². The van der Waals surface area contributed by atoms with Gasteiger partial charge in [-0.25, -0.2) is 0 Å². The first-order valence-corrected chi connectivity index (χ1v) is 13.1. The van der Waals surface area contributed by atoms with Gasteiger partial charge in [-0.05, 0) is 42.5 Å². The summed E-state index contributed by atoms with van der Waals surface area (Å²) in [7, 11) is 1.57. The van der Waals surface area contributed by atoms with Crippen LogP contribution in [-0.4, -0.2) is 42.4 Å². The number of nitrogens with zero attached hydrogens (tertiary/aromatic N) is 1. The van der Waals surface area contributed by atoms with Crippen molar-refractivity contribution in [2.24, 2.45) is 0 Å². The van der Waals surface area contributed by atoms with Gasteiger partial charge in [-0.1, -0.05) is 69.0 Å². The van der Waals surface area contributed by atoms with Crippen molar-refractivity contribution in [3.05, 3.63) is 59.7 Å². The Balaban J connectivity index is 1.99. The first-order valence-electron chi connectivity index (χ1n) is 12.6. The molecule has 35 heavy (non-hydrogen) atoms. The Morgan fingerprint density at radius 2 is 1.77 bits per heavy atom. The van der Waals surface area contributed by atoms with Gasteiger partial charge in [-0.15, -0.1) is 11.6 Å². The number of benzene rings is 2. The molecule has 2 aromatic carbocycles. The van der Waals surface area contributed by atoms with Crippen molar-refractivity contribution in [1.82, 2.24) is 10.2 Å². The number of rotatable bonds is 11. The molecule has 2 aromatic rings. The summed E-state index contributed by atoms with van der Waals surface area (Å²) in [5.74, 6) is 0.424. The van der Waals surface area contributed by atoms with Crippen LogP contribution in [0.4, 0.5) is 0 Å². The Bertz CT molecular complexity index is 945. The molecule has 3 rings (SSSR count). The monoisotopic (exact) mass is 500 g/mol. The van der Waals surface area contributed by atoms with Gasteiger partial charge in [-0.3, -0.25) is 9.59 Å². The summed E-state index contributed by atoms with van der Waals surface area (Å²) < 4.78 is 11.4. The number of carbonyl (C=O) groups is 2. The lowest BCUT2D eigenvalue weighted by molar-refractivity contribution is -0.140. The minimum atomic E-state index is -0.848. The highest BCUT2D eigenvalue weighted by molar-refractivity contribution is 6.27. The van der Waals surface area contributed by atoms with E-state index in [2.05, 4.69) is 5.32 Å². The molecule has 190 valence electrons. The Labute approximate surface area is 213 Å². The quantitative estimate of drug-likeness (QED) is 0.320. The van der Waals surface area contributed by atoms with Crippen molar-refractivity contribution in [2.45, 2.75) is 70.5 Å². The van der Waals surface area contributed by atoms with Gasteiger partial charge >= 0.3 is 0 Å². The second-order valence-electron chi connectivity index (χ2n) is 9.00. The molecule has 0 radical (unpaired) electrons. The van der Waals surface area contributed by atoms with Crippen molar-refractivity contribution in [3.63, 3.8) is 0 Å². The molecule has 7 heteroatoms. The minimum absolute atomic E-state index is 0.103. The number of alkyl halides is 1. The molecule has 6 nitrogen and oxygen atoms in total. The number of amides is 2. The van der Waals surface area contributed by atoms with Crippen molar-refractivity contribution < 1.29 is 19.1 Å². The second kappa shape index (κ2) is 14.0. The SMILES string of the molecule is CCCOc1ccc([C@@H](C(=O)NC2CCCCCC2)N(Cc2ccccc2)C(=O)CCl)cc1OC. The van der Waals surface area contributed by atoms with Gasteiger partial charge < -0.3 is 19.7 Å². The van der Waals surface area contributed by atoms with Crippen LogP contribution >= 0.6 is 11.6 Å². The lowest BCUT2D eigenvalue weighted by Crippen LogP contribution is -2.46. The van der Waals surface area contributed by atoms with Crippen LogP contribution in [0.3, 0.4) is 0 Å². The molecular formula is C28H37ClN2O4. The summed E-state index contributed by atoms with van der Waals surface area (Å²) >= 11 is 6.04. The smallest absolute Gasteiger partial charge is 0.247 e. The van der Waals surface area contributed by atoms with Crippen molar-refractivity contribution in [3.8, 4) is 11.5 Å². The molecule has 1 saturated carbocycles. The fraction of sp³-hybridized carbons (Fsp3) is 0.500. The summed E-state index contributed by atoms with van der Waals surface area (Å²) in [5, 5.41) is 3.24. The van der Waals surface area contributed by atoms with Crippen molar-refractivity contribution >= 4 is 23.4 Å². The highest BCUT2D eigenvalue weighted by atomic mass is 35.5. The van der Waals surface area contributed by atoms with Gasteiger partial charge in [0, 0.05) is 12.6 Å². The number of carbonyl (C=O) groups excluding carboxylic acids is 2. The maximum atomic E-state index is 13.8. The molecule has 1 aliphatic carbocycles. The number of hydrogen-bond acceptors (Lipinski definition) is 4. The van der Waals surface area contributed by atoms with E-state index in [1.54, 1.807) is 18.1 Å². The van der Waals surface area contributed by atoms with Crippen molar-refractivity contribution in [2.75, 3.05) is 19.6 Å². The van der Waals surface area contributed by atoms with Crippen molar-refractivity contribution in [1.29, 1.82) is 0 Å². The van der Waals surface area contributed by atoms with E-state index in [9.17, 15) is 9.59 Å². The Morgan fingerprint density at radius 1 is 1.06 bits per heavy atom.